The van der Waals surface area contributed by atoms with E-state index in [9.17, 15) is 14.0 Å². The fourth-order valence-corrected chi connectivity index (χ4v) is 4.25. The van der Waals surface area contributed by atoms with Crippen molar-refractivity contribution in [3.63, 3.8) is 0 Å². The highest BCUT2D eigenvalue weighted by Gasteiger charge is 2.43. The zero-order valence-corrected chi connectivity index (χ0v) is 18.3. The number of anilines is 1. The molecule has 0 radical (unpaired) electrons. The average Bonchev–Trinajstić information content (AvgIpc) is 3.03. The summed E-state index contributed by atoms with van der Waals surface area (Å²) in [5.41, 5.74) is 3.49. The molecule has 0 aliphatic carbocycles. The highest BCUT2D eigenvalue weighted by Crippen LogP contribution is 2.38. The van der Waals surface area contributed by atoms with E-state index in [0.717, 1.165) is 16.0 Å². The third-order valence-electron chi connectivity index (χ3n) is 5.98. The van der Waals surface area contributed by atoms with Gasteiger partial charge in [0.05, 0.1) is 13.2 Å². The molecule has 1 fully saturated rings. The zero-order chi connectivity index (χ0) is 23.1. The van der Waals surface area contributed by atoms with Gasteiger partial charge in [-0.25, -0.2) is 9.18 Å². The smallest absolute Gasteiger partial charge is 0.332 e. The van der Waals surface area contributed by atoms with Gasteiger partial charge in [0.25, 0.3) is 5.91 Å². The van der Waals surface area contributed by atoms with Gasteiger partial charge in [0.2, 0.25) is 6.29 Å². The Morgan fingerprint density at radius 2 is 1.76 bits per heavy atom. The van der Waals surface area contributed by atoms with Gasteiger partial charge in [-0.05, 0) is 38.1 Å². The Morgan fingerprint density at radius 3 is 2.48 bits per heavy atom. The lowest BCUT2D eigenvalue weighted by molar-refractivity contribution is -0.127. The molecule has 2 atom stereocenters. The molecule has 7 heteroatoms. The van der Waals surface area contributed by atoms with Crippen LogP contribution in [0.4, 0.5) is 14.9 Å². The Hall–Kier alpha value is -3.71. The van der Waals surface area contributed by atoms with Crippen LogP contribution in [0.15, 0.2) is 66.7 Å². The van der Waals surface area contributed by atoms with Crippen LogP contribution in [0, 0.1) is 12.7 Å². The van der Waals surface area contributed by atoms with E-state index in [-0.39, 0.29) is 19.1 Å². The number of imide groups is 1. The van der Waals surface area contributed by atoms with Crippen LogP contribution in [0.3, 0.4) is 0 Å². The summed E-state index contributed by atoms with van der Waals surface area (Å²) >= 11 is 0. The fourth-order valence-electron chi connectivity index (χ4n) is 4.25. The standard InChI is InChI=1S/C26H23FN2O4/c1-16-8-10-22(11-9-16)29-17(2)24(30)28(26(29)31)14-19-12-21(27)13-20-15-32-25(33-23(19)20)18-6-4-3-5-7-18/h3-13,17,25H,14-15H2,1-2H3. The van der Waals surface area contributed by atoms with Crippen molar-refractivity contribution in [2.75, 3.05) is 4.90 Å². The summed E-state index contributed by atoms with van der Waals surface area (Å²) in [5.74, 6) is -0.375. The molecule has 3 amide bonds. The lowest BCUT2D eigenvalue weighted by atomic mass is 10.1. The number of urea groups is 1. The van der Waals surface area contributed by atoms with E-state index in [1.54, 1.807) is 6.92 Å². The predicted octanol–water partition coefficient (Wildman–Crippen LogP) is 5.10. The molecule has 33 heavy (non-hydrogen) atoms. The summed E-state index contributed by atoms with van der Waals surface area (Å²) in [6.45, 7) is 3.71. The second-order valence-corrected chi connectivity index (χ2v) is 8.31. The number of amides is 3. The van der Waals surface area contributed by atoms with Gasteiger partial charge in [-0.3, -0.25) is 14.6 Å². The van der Waals surface area contributed by atoms with Crippen LogP contribution in [0.1, 0.15) is 35.5 Å². The first-order chi connectivity index (χ1) is 15.9. The van der Waals surface area contributed by atoms with E-state index in [0.29, 0.717) is 22.6 Å². The number of rotatable bonds is 4. The molecule has 0 spiro atoms. The SMILES string of the molecule is Cc1ccc(N2C(=O)N(Cc3cc(F)cc4c3OC(c3ccccc3)OC4)C(=O)C2C)cc1. The third-order valence-corrected chi connectivity index (χ3v) is 5.98. The van der Waals surface area contributed by atoms with Crippen molar-refractivity contribution < 1.29 is 23.5 Å². The predicted molar refractivity (Wildman–Crippen MR) is 120 cm³/mol. The van der Waals surface area contributed by atoms with Crippen LogP contribution in [-0.2, 0) is 22.7 Å². The normalized spacial score (nSPS) is 20.1. The number of hydrogen-bond acceptors (Lipinski definition) is 4. The molecule has 0 saturated carbocycles. The molecule has 0 aromatic heterocycles. The van der Waals surface area contributed by atoms with Gasteiger partial charge in [-0.2, -0.15) is 0 Å². The fraction of sp³-hybridized carbons (Fsp3) is 0.231. The average molecular weight is 446 g/mol. The number of carbonyl (C=O) groups excluding carboxylic acids is 2. The molecule has 2 aliphatic rings. The maximum absolute atomic E-state index is 14.4. The van der Waals surface area contributed by atoms with Crippen molar-refractivity contribution in [2.24, 2.45) is 0 Å². The Balaban J connectivity index is 1.45. The van der Waals surface area contributed by atoms with Crippen molar-refractivity contribution >= 4 is 17.6 Å². The summed E-state index contributed by atoms with van der Waals surface area (Å²) in [6.07, 6.45) is -0.657. The van der Waals surface area contributed by atoms with Gasteiger partial charge in [-0.15, -0.1) is 0 Å². The molecule has 2 aliphatic heterocycles. The van der Waals surface area contributed by atoms with Gasteiger partial charge in [0, 0.05) is 22.4 Å². The molecule has 3 aromatic carbocycles. The summed E-state index contributed by atoms with van der Waals surface area (Å²) in [6, 6.07) is 18.4. The zero-order valence-electron chi connectivity index (χ0n) is 18.3. The van der Waals surface area contributed by atoms with Gasteiger partial charge >= 0.3 is 6.03 Å². The molecule has 3 aromatic rings. The van der Waals surface area contributed by atoms with E-state index >= 15 is 0 Å². The topological polar surface area (TPSA) is 59.1 Å². The van der Waals surface area contributed by atoms with Crippen molar-refractivity contribution in [2.45, 2.75) is 39.3 Å². The number of nitrogens with zero attached hydrogens (tertiary/aromatic N) is 2. The molecule has 0 N–H and O–H groups in total. The van der Waals surface area contributed by atoms with Crippen LogP contribution in [-0.4, -0.2) is 22.9 Å². The molecule has 0 bridgehead atoms. The molecular formula is C26H23FN2O4. The van der Waals surface area contributed by atoms with Crippen LogP contribution < -0.4 is 9.64 Å². The number of hydrogen-bond donors (Lipinski definition) is 0. The lowest BCUT2D eigenvalue weighted by Crippen LogP contribution is -2.34. The minimum absolute atomic E-state index is 0.0913. The van der Waals surface area contributed by atoms with E-state index in [1.165, 1.54) is 17.0 Å². The summed E-state index contributed by atoms with van der Waals surface area (Å²) in [7, 11) is 0. The van der Waals surface area contributed by atoms with E-state index < -0.39 is 24.2 Å². The number of fused-ring (bicyclic) bond motifs is 1. The molecule has 6 nitrogen and oxygen atoms in total. The summed E-state index contributed by atoms with van der Waals surface area (Å²) in [4.78, 5) is 28.9. The van der Waals surface area contributed by atoms with Gasteiger partial charge < -0.3 is 9.47 Å². The van der Waals surface area contributed by atoms with Crippen LogP contribution in [0.2, 0.25) is 0 Å². The Bertz CT molecular complexity index is 1210. The molecule has 5 rings (SSSR count). The Kier molecular flexibility index (Phi) is 5.34. The number of carbonyl (C=O) groups is 2. The van der Waals surface area contributed by atoms with Crippen LogP contribution >= 0.6 is 0 Å². The van der Waals surface area contributed by atoms with Crippen LogP contribution in [0.25, 0.3) is 0 Å². The highest BCUT2D eigenvalue weighted by molar-refractivity contribution is 6.14. The molecule has 168 valence electrons. The van der Waals surface area contributed by atoms with E-state index in [2.05, 4.69) is 0 Å². The largest absolute Gasteiger partial charge is 0.460 e. The minimum atomic E-state index is -0.661. The maximum atomic E-state index is 14.4. The van der Waals surface area contributed by atoms with Crippen molar-refractivity contribution in [1.29, 1.82) is 0 Å². The van der Waals surface area contributed by atoms with Crippen LogP contribution in [0.5, 0.6) is 5.75 Å². The van der Waals surface area contributed by atoms with Crippen molar-refractivity contribution in [3.8, 4) is 5.75 Å². The minimum Gasteiger partial charge on any atom is -0.460 e. The third kappa shape index (κ3) is 3.85. The first-order valence-corrected chi connectivity index (χ1v) is 10.8. The van der Waals surface area contributed by atoms with E-state index in [4.69, 9.17) is 9.47 Å². The van der Waals surface area contributed by atoms with E-state index in [1.807, 2.05) is 61.5 Å². The second-order valence-electron chi connectivity index (χ2n) is 8.31. The maximum Gasteiger partial charge on any atom is 0.332 e. The van der Waals surface area contributed by atoms with Crippen molar-refractivity contribution in [3.05, 3.63) is 94.8 Å². The molecule has 2 unspecified atom stereocenters. The monoisotopic (exact) mass is 446 g/mol. The molecule has 2 heterocycles. The number of aryl methyl sites for hydroxylation is 1. The molecular weight excluding hydrogens is 423 g/mol. The second kappa shape index (κ2) is 8.33. The summed E-state index contributed by atoms with van der Waals surface area (Å²) in [5, 5.41) is 0. The van der Waals surface area contributed by atoms with Gasteiger partial charge in [0.15, 0.2) is 0 Å². The number of ether oxygens (including phenoxy) is 2. The van der Waals surface area contributed by atoms with Gasteiger partial charge in [0.1, 0.15) is 17.6 Å². The first-order valence-electron chi connectivity index (χ1n) is 10.8. The highest BCUT2D eigenvalue weighted by atomic mass is 19.1. The van der Waals surface area contributed by atoms with Gasteiger partial charge in [-0.1, -0.05) is 48.0 Å². The Labute approximate surface area is 191 Å². The number of halogens is 1. The lowest BCUT2D eigenvalue weighted by Gasteiger charge is -2.29. The number of benzene rings is 3. The quantitative estimate of drug-likeness (QED) is 0.524. The van der Waals surface area contributed by atoms with Crippen molar-refractivity contribution in [1.82, 2.24) is 4.90 Å². The first kappa shape index (κ1) is 21.2. The Morgan fingerprint density at radius 1 is 1.03 bits per heavy atom. The summed E-state index contributed by atoms with van der Waals surface area (Å²) < 4.78 is 26.2. The molecule has 1 saturated heterocycles.